The van der Waals surface area contributed by atoms with Gasteiger partial charge in [-0.3, -0.25) is 0 Å². The second kappa shape index (κ2) is 12.8. The van der Waals surface area contributed by atoms with E-state index in [0.29, 0.717) is 0 Å². The first-order chi connectivity index (χ1) is 10.6. The van der Waals surface area contributed by atoms with Gasteiger partial charge in [-0.1, -0.05) is 0 Å². The van der Waals surface area contributed by atoms with Crippen LogP contribution in [0.15, 0.2) is 0 Å². The molecule has 0 rings (SSSR count). The molecular formula is C21H47P. The normalized spacial score (nSPS) is 14.0. The van der Waals surface area contributed by atoms with Gasteiger partial charge in [0.1, 0.15) is 0 Å². The van der Waals surface area contributed by atoms with Crippen LogP contribution >= 0.6 is 6.60 Å². The summed E-state index contributed by atoms with van der Waals surface area (Å²) >= 11 is 0. The molecule has 0 aliphatic heterocycles. The Balaban J connectivity index is 5.34. The van der Waals surface area contributed by atoms with Gasteiger partial charge >= 0.3 is 143 Å². The molecule has 0 aliphatic carbocycles. The average Bonchev–Trinajstić information content (AvgIpc) is 2.55. The fourth-order valence-corrected chi connectivity index (χ4v) is 12.5. The summed E-state index contributed by atoms with van der Waals surface area (Å²) < 4.78 is 0. The van der Waals surface area contributed by atoms with Gasteiger partial charge in [0.25, 0.3) is 0 Å². The van der Waals surface area contributed by atoms with Crippen molar-refractivity contribution in [3.63, 3.8) is 0 Å². The predicted octanol–water partition coefficient (Wildman–Crippen LogP) is 7.93. The van der Waals surface area contributed by atoms with Crippen LogP contribution in [-0.2, 0) is 0 Å². The van der Waals surface area contributed by atoms with E-state index in [1.165, 1.54) is 70.6 Å². The van der Waals surface area contributed by atoms with E-state index in [1.54, 1.807) is 30.8 Å². The van der Waals surface area contributed by atoms with Crippen LogP contribution in [0, 0.1) is 0 Å². The van der Waals surface area contributed by atoms with Crippen LogP contribution in [-0.4, -0.2) is 30.8 Å². The zero-order valence-electron chi connectivity index (χ0n) is 16.8. The van der Waals surface area contributed by atoms with Crippen molar-refractivity contribution in [1.29, 1.82) is 0 Å². The predicted molar refractivity (Wildman–Crippen MR) is 110 cm³/mol. The molecule has 0 N–H and O–H groups in total. The Morgan fingerprint density at radius 2 is 0.636 bits per heavy atom. The molecule has 0 bridgehead atoms. The molecular weight excluding hydrogens is 283 g/mol. The molecule has 136 valence electrons. The molecule has 0 unspecified atom stereocenters. The van der Waals surface area contributed by atoms with Crippen molar-refractivity contribution in [2.75, 3.05) is 30.8 Å². The summed E-state index contributed by atoms with van der Waals surface area (Å²) in [5, 5.41) is 0. The molecule has 0 heterocycles. The number of unbranched alkanes of at least 4 members (excludes halogenated alkanes) is 6. The van der Waals surface area contributed by atoms with Crippen LogP contribution in [0.25, 0.3) is 0 Å². The fourth-order valence-electron chi connectivity index (χ4n) is 4.35. The molecule has 0 amide bonds. The summed E-state index contributed by atoms with van der Waals surface area (Å²) in [5.41, 5.74) is 0. The summed E-state index contributed by atoms with van der Waals surface area (Å²) in [6.07, 6.45) is 24.1. The number of hydrogen-bond donors (Lipinski definition) is 0. The molecule has 0 radical (unpaired) electrons. The van der Waals surface area contributed by atoms with E-state index in [0.717, 1.165) is 0 Å². The Labute approximate surface area is 143 Å². The zero-order chi connectivity index (χ0) is 16.8. The molecule has 0 spiro atoms. The van der Waals surface area contributed by atoms with E-state index in [9.17, 15) is 0 Å². The molecule has 0 saturated carbocycles. The van der Waals surface area contributed by atoms with Gasteiger partial charge in [-0.25, -0.2) is 0 Å². The van der Waals surface area contributed by atoms with Gasteiger partial charge in [-0.2, -0.15) is 0 Å². The molecule has 1 heteroatoms. The van der Waals surface area contributed by atoms with Crippen molar-refractivity contribution in [3.8, 4) is 0 Å². The first-order valence-electron chi connectivity index (χ1n) is 10.6. The van der Waals surface area contributed by atoms with Gasteiger partial charge in [0.15, 0.2) is 0 Å². The maximum atomic E-state index is 2.40. The maximum absolute atomic E-state index is 2.40. The third-order valence-corrected chi connectivity index (χ3v) is 13.9. The second-order valence-electron chi connectivity index (χ2n) is 7.98. The van der Waals surface area contributed by atoms with E-state index in [4.69, 9.17) is 0 Å². The second-order valence-corrected chi connectivity index (χ2v) is 14.7. The molecule has 0 fully saturated rings. The standard InChI is InChI=1S/C21H47P/c1-6-11-16-21-22(17-12-7-2,18-13-8-3,19-14-9-4)20-15-10-5/h6-21H2,1-5H3. The van der Waals surface area contributed by atoms with Gasteiger partial charge in [0.05, 0.1) is 0 Å². The summed E-state index contributed by atoms with van der Waals surface area (Å²) in [5.74, 6) is 0. The van der Waals surface area contributed by atoms with Crippen LogP contribution in [0.2, 0.25) is 0 Å². The molecule has 0 aromatic heterocycles. The zero-order valence-corrected chi connectivity index (χ0v) is 17.7. The van der Waals surface area contributed by atoms with Crippen molar-refractivity contribution >= 4 is 6.60 Å². The van der Waals surface area contributed by atoms with E-state index in [1.807, 2.05) is 0 Å². The molecule has 0 aromatic rings. The van der Waals surface area contributed by atoms with E-state index < -0.39 is 6.60 Å². The van der Waals surface area contributed by atoms with E-state index >= 15 is 0 Å². The van der Waals surface area contributed by atoms with E-state index in [2.05, 4.69) is 34.6 Å². The molecule has 0 saturated heterocycles. The summed E-state index contributed by atoms with van der Waals surface area (Å²) in [6, 6.07) is 0. The Kier molecular flexibility index (Phi) is 13.1. The Hall–Kier alpha value is 0.430. The Bertz CT molecular complexity index is 203. The van der Waals surface area contributed by atoms with Gasteiger partial charge in [0.2, 0.25) is 0 Å². The quantitative estimate of drug-likeness (QED) is 0.199. The summed E-state index contributed by atoms with van der Waals surface area (Å²) in [7, 11) is 0. The van der Waals surface area contributed by atoms with E-state index in [-0.39, 0.29) is 0 Å². The minimum atomic E-state index is -1.46. The molecule has 0 atom stereocenters. The third-order valence-electron chi connectivity index (χ3n) is 5.97. The van der Waals surface area contributed by atoms with Gasteiger partial charge < -0.3 is 0 Å². The minimum absolute atomic E-state index is 1.38. The van der Waals surface area contributed by atoms with Gasteiger partial charge in [-0.05, 0) is 0 Å². The fraction of sp³-hybridized carbons (Fsp3) is 1.00. The SMILES string of the molecule is CCCCCP(CCCC)(CCCC)(CCCC)CCCC. The first kappa shape index (κ1) is 22.4. The van der Waals surface area contributed by atoms with Crippen molar-refractivity contribution in [2.45, 2.75) is 105 Å². The summed E-state index contributed by atoms with van der Waals surface area (Å²) in [6.45, 7) is 10.5. The Morgan fingerprint density at radius 1 is 0.364 bits per heavy atom. The van der Waals surface area contributed by atoms with Crippen molar-refractivity contribution in [2.24, 2.45) is 0 Å². The van der Waals surface area contributed by atoms with Crippen molar-refractivity contribution in [1.82, 2.24) is 0 Å². The van der Waals surface area contributed by atoms with Crippen LogP contribution in [0.3, 0.4) is 0 Å². The molecule has 0 nitrogen and oxygen atoms in total. The van der Waals surface area contributed by atoms with Crippen LogP contribution < -0.4 is 0 Å². The number of hydrogen-bond acceptors (Lipinski definition) is 0. The monoisotopic (exact) mass is 330 g/mol. The molecule has 22 heavy (non-hydrogen) atoms. The average molecular weight is 331 g/mol. The Morgan fingerprint density at radius 3 is 0.909 bits per heavy atom. The van der Waals surface area contributed by atoms with Crippen molar-refractivity contribution < 1.29 is 0 Å². The van der Waals surface area contributed by atoms with Crippen LogP contribution in [0.1, 0.15) is 105 Å². The third kappa shape index (κ3) is 7.81. The van der Waals surface area contributed by atoms with Crippen LogP contribution in [0.4, 0.5) is 0 Å². The first-order valence-corrected chi connectivity index (χ1v) is 13.8. The van der Waals surface area contributed by atoms with Gasteiger partial charge in [0, 0.05) is 0 Å². The molecule has 0 aromatic carbocycles. The molecule has 0 aliphatic rings. The summed E-state index contributed by atoms with van der Waals surface area (Å²) in [4.78, 5) is 0. The van der Waals surface area contributed by atoms with Crippen LogP contribution in [0.5, 0.6) is 0 Å². The number of rotatable bonds is 16. The topological polar surface area (TPSA) is 0 Å². The van der Waals surface area contributed by atoms with Crippen molar-refractivity contribution in [3.05, 3.63) is 0 Å². The van der Waals surface area contributed by atoms with Gasteiger partial charge in [-0.15, -0.1) is 0 Å².